The van der Waals surface area contributed by atoms with Crippen molar-refractivity contribution in [1.82, 2.24) is 4.72 Å². The molecule has 1 aromatic carbocycles. The molecule has 1 aliphatic heterocycles. The number of rotatable bonds is 5. The average molecular weight is 334 g/mol. The zero-order chi connectivity index (χ0) is 15.6. The van der Waals surface area contributed by atoms with Crippen LogP contribution in [0.25, 0.3) is 0 Å². The third kappa shape index (κ3) is 3.74. The van der Waals surface area contributed by atoms with E-state index in [0.29, 0.717) is 6.61 Å². The van der Waals surface area contributed by atoms with Crippen LogP contribution < -0.4 is 4.72 Å². The number of carboxylic acid groups (broad SMARTS) is 1. The van der Waals surface area contributed by atoms with Crippen molar-refractivity contribution >= 4 is 27.6 Å². The second kappa shape index (κ2) is 6.31. The monoisotopic (exact) mass is 333 g/mol. The van der Waals surface area contributed by atoms with E-state index in [0.717, 1.165) is 12.5 Å². The predicted molar refractivity (Wildman–Crippen MR) is 77.1 cm³/mol. The van der Waals surface area contributed by atoms with Gasteiger partial charge in [-0.25, -0.2) is 17.9 Å². The summed E-state index contributed by atoms with van der Waals surface area (Å²) in [5.74, 6) is -1.11. The van der Waals surface area contributed by atoms with E-state index < -0.39 is 16.0 Å². The molecule has 0 bridgehead atoms. The van der Waals surface area contributed by atoms with Crippen molar-refractivity contribution in [2.45, 2.75) is 24.3 Å². The van der Waals surface area contributed by atoms with Gasteiger partial charge in [-0.2, -0.15) is 0 Å². The minimum absolute atomic E-state index is 0.00599. The number of ether oxygens (including phenoxy) is 1. The van der Waals surface area contributed by atoms with Crippen LogP contribution in [0.3, 0.4) is 0 Å². The van der Waals surface area contributed by atoms with Gasteiger partial charge in [-0.05, 0) is 31.5 Å². The molecule has 1 heterocycles. The predicted octanol–water partition coefficient (Wildman–Crippen LogP) is 1.74. The Bertz CT molecular complexity index is 646. The van der Waals surface area contributed by atoms with Crippen LogP contribution in [0.2, 0.25) is 5.02 Å². The van der Waals surface area contributed by atoms with Gasteiger partial charge in [0, 0.05) is 19.1 Å². The molecule has 2 rings (SSSR count). The van der Waals surface area contributed by atoms with Gasteiger partial charge in [0.1, 0.15) is 4.90 Å². The topological polar surface area (TPSA) is 92.7 Å². The first kappa shape index (κ1) is 16.2. The Balaban J connectivity index is 2.19. The molecule has 0 radical (unpaired) electrons. The maximum Gasteiger partial charge on any atom is 0.335 e. The zero-order valence-corrected chi connectivity index (χ0v) is 12.9. The van der Waals surface area contributed by atoms with Crippen LogP contribution in [-0.4, -0.2) is 38.7 Å². The van der Waals surface area contributed by atoms with E-state index in [-0.39, 0.29) is 34.0 Å². The smallest absolute Gasteiger partial charge is 0.335 e. The lowest BCUT2D eigenvalue weighted by Crippen LogP contribution is -2.32. The number of nitrogens with one attached hydrogen (secondary N) is 1. The molecule has 0 aliphatic carbocycles. The van der Waals surface area contributed by atoms with E-state index >= 15 is 0 Å². The molecule has 8 heteroatoms. The number of halogens is 1. The Morgan fingerprint density at radius 2 is 2.24 bits per heavy atom. The highest BCUT2D eigenvalue weighted by molar-refractivity contribution is 7.89. The minimum Gasteiger partial charge on any atom is -0.478 e. The molecular formula is C13H16ClNO5S. The molecule has 1 saturated heterocycles. The number of carbonyl (C=O) groups is 1. The molecule has 0 amide bonds. The summed E-state index contributed by atoms with van der Waals surface area (Å²) in [6.07, 6.45) is 0.778. The third-order valence-corrected chi connectivity index (χ3v) is 5.44. The first-order valence-corrected chi connectivity index (χ1v) is 8.31. The van der Waals surface area contributed by atoms with Gasteiger partial charge < -0.3 is 9.84 Å². The highest BCUT2D eigenvalue weighted by Crippen LogP contribution is 2.24. The molecule has 2 unspecified atom stereocenters. The Kier molecular flexibility index (Phi) is 4.88. The van der Waals surface area contributed by atoms with Gasteiger partial charge in [-0.1, -0.05) is 11.6 Å². The molecule has 1 aliphatic rings. The Hall–Kier alpha value is -1.15. The minimum atomic E-state index is -3.86. The third-order valence-electron chi connectivity index (χ3n) is 3.54. The van der Waals surface area contributed by atoms with Crippen molar-refractivity contribution in [3.05, 3.63) is 28.8 Å². The normalized spacial score (nSPS) is 22.4. The van der Waals surface area contributed by atoms with Crippen molar-refractivity contribution in [3.8, 4) is 0 Å². The van der Waals surface area contributed by atoms with E-state index in [4.69, 9.17) is 21.4 Å². The second-order valence-corrected chi connectivity index (χ2v) is 7.07. The van der Waals surface area contributed by atoms with Crippen LogP contribution in [0, 0.1) is 5.92 Å². The van der Waals surface area contributed by atoms with E-state index in [9.17, 15) is 13.2 Å². The van der Waals surface area contributed by atoms with Crippen molar-refractivity contribution in [2.75, 3.05) is 13.2 Å². The highest BCUT2D eigenvalue weighted by Gasteiger charge is 2.27. The quantitative estimate of drug-likeness (QED) is 0.856. The fourth-order valence-corrected chi connectivity index (χ4v) is 3.80. The van der Waals surface area contributed by atoms with Gasteiger partial charge in [0.2, 0.25) is 10.0 Å². The van der Waals surface area contributed by atoms with Crippen LogP contribution in [0.1, 0.15) is 23.7 Å². The van der Waals surface area contributed by atoms with Crippen molar-refractivity contribution in [1.29, 1.82) is 0 Å². The SMILES string of the molecule is CC1OCCC1CNS(=O)(=O)c1cc(C(=O)O)ccc1Cl. The van der Waals surface area contributed by atoms with Gasteiger partial charge in [0.05, 0.1) is 16.7 Å². The maximum absolute atomic E-state index is 12.3. The maximum atomic E-state index is 12.3. The number of aromatic carboxylic acids is 1. The molecule has 0 saturated carbocycles. The number of hydrogen-bond acceptors (Lipinski definition) is 4. The fraction of sp³-hybridized carbons (Fsp3) is 0.462. The van der Waals surface area contributed by atoms with Crippen LogP contribution in [-0.2, 0) is 14.8 Å². The lowest BCUT2D eigenvalue weighted by atomic mass is 10.0. The molecule has 2 N–H and O–H groups in total. The molecule has 0 aromatic heterocycles. The van der Waals surface area contributed by atoms with Gasteiger partial charge in [-0.3, -0.25) is 0 Å². The lowest BCUT2D eigenvalue weighted by molar-refractivity contribution is 0.0696. The number of sulfonamides is 1. The number of hydrogen-bond donors (Lipinski definition) is 2. The molecule has 0 spiro atoms. The second-order valence-electron chi connectivity index (χ2n) is 4.93. The highest BCUT2D eigenvalue weighted by atomic mass is 35.5. The van der Waals surface area contributed by atoms with Crippen molar-refractivity contribution < 1.29 is 23.1 Å². The van der Waals surface area contributed by atoms with Gasteiger partial charge in [0.25, 0.3) is 0 Å². The summed E-state index contributed by atoms with van der Waals surface area (Å²) in [6.45, 7) is 2.74. The Labute approximate surface area is 128 Å². The Morgan fingerprint density at radius 3 is 2.81 bits per heavy atom. The summed E-state index contributed by atoms with van der Waals surface area (Å²) >= 11 is 5.87. The van der Waals surface area contributed by atoms with Crippen LogP contribution in [0.5, 0.6) is 0 Å². The summed E-state index contributed by atoms with van der Waals surface area (Å²) in [5, 5.41) is 8.92. The van der Waals surface area contributed by atoms with Crippen molar-refractivity contribution in [2.24, 2.45) is 5.92 Å². The summed E-state index contributed by atoms with van der Waals surface area (Å²) in [4.78, 5) is 10.7. The largest absolute Gasteiger partial charge is 0.478 e. The summed E-state index contributed by atoms with van der Waals surface area (Å²) < 4.78 is 32.4. The first-order valence-electron chi connectivity index (χ1n) is 6.45. The molecule has 6 nitrogen and oxygen atoms in total. The molecule has 2 atom stereocenters. The number of benzene rings is 1. The molecular weight excluding hydrogens is 318 g/mol. The number of carboxylic acids is 1. The van der Waals surface area contributed by atoms with Crippen LogP contribution >= 0.6 is 11.6 Å². The zero-order valence-electron chi connectivity index (χ0n) is 11.4. The summed E-state index contributed by atoms with van der Waals surface area (Å²) in [7, 11) is -3.86. The first-order chi connectivity index (χ1) is 9.81. The van der Waals surface area contributed by atoms with E-state index in [1.54, 1.807) is 0 Å². The van der Waals surface area contributed by atoms with E-state index in [1.165, 1.54) is 12.1 Å². The van der Waals surface area contributed by atoms with Crippen LogP contribution in [0.15, 0.2) is 23.1 Å². The Morgan fingerprint density at radius 1 is 1.52 bits per heavy atom. The molecule has 116 valence electrons. The van der Waals surface area contributed by atoms with Crippen molar-refractivity contribution in [3.63, 3.8) is 0 Å². The van der Waals surface area contributed by atoms with E-state index in [1.807, 2.05) is 6.92 Å². The van der Waals surface area contributed by atoms with Crippen LogP contribution in [0.4, 0.5) is 0 Å². The standard InChI is InChI=1S/C13H16ClNO5S/c1-8-10(4-5-20-8)7-15-21(18,19)12-6-9(13(16)17)2-3-11(12)14/h2-3,6,8,10,15H,4-5,7H2,1H3,(H,16,17). The fourth-order valence-electron chi connectivity index (χ4n) is 2.18. The molecule has 1 fully saturated rings. The van der Waals surface area contributed by atoms with Gasteiger partial charge in [0.15, 0.2) is 0 Å². The van der Waals surface area contributed by atoms with Gasteiger partial charge >= 0.3 is 5.97 Å². The van der Waals surface area contributed by atoms with E-state index in [2.05, 4.69) is 4.72 Å². The summed E-state index contributed by atoms with van der Waals surface area (Å²) in [6, 6.07) is 3.58. The van der Waals surface area contributed by atoms with Gasteiger partial charge in [-0.15, -0.1) is 0 Å². The lowest BCUT2D eigenvalue weighted by Gasteiger charge is -2.15. The molecule has 21 heavy (non-hydrogen) atoms. The average Bonchev–Trinajstić information content (AvgIpc) is 2.82. The summed E-state index contributed by atoms with van der Waals surface area (Å²) in [5.41, 5.74) is -0.127. The molecule has 1 aromatic rings.